The molecule has 23 heavy (non-hydrogen) atoms. The molecule has 0 amide bonds. The molecule has 1 aliphatic carbocycles. The molecule has 114 valence electrons. The second-order valence-electron chi connectivity index (χ2n) is 5.85. The lowest BCUT2D eigenvalue weighted by molar-refractivity contribution is 0.0971. The third-order valence-electron chi connectivity index (χ3n) is 4.16. The number of aryl methyl sites for hydroxylation is 2. The van der Waals surface area contributed by atoms with Crippen molar-refractivity contribution in [2.24, 2.45) is 0 Å². The predicted octanol–water partition coefficient (Wildman–Crippen LogP) is 4.23. The molecule has 0 unspecified atom stereocenters. The monoisotopic (exact) mass is 304 g/mol. The van der Waals surface area contributed by atoms with Crippen molar-refractivity contribution < 1.29 is 9.32 Å². The average Bonchev–Trinajstić information content (AvgIpc) is 3.01. The lowest BCUT2D eigenvalue weighted by Gasteiger charge is -2.17. The summed E-state index contributed by atoms with van der Waals surface area (Å²) in [5.41, 5.74) is 5.10. The minimum Gasteiger partial charge on any atom is -0.356 e. The van der Waals surface area contributed by atoms with Gasteiger partial charge in [-0.3, -0.25) is 9.78 Å². The molecule has 1 aromatic carbocycles. The normalized spacial score (nSPS) is 13.9. The zero-order chi connectivity index (χ0) is 15.8. The summed E-state index contributed by atoms with van der Waals surface area (Å²) in [6.07, 6.45) is 2.30. The maximum Gasteiger partial charge on any atom is 0.169 e. The maximum atomic E-state index is 12.2. The number of pyridine rings is 1. The molecule has 0 spiro atoms. The fourth-order valence-electron chi connectivity index (χ4n) is 3.03. The van der Waals surface area contributed by atoms with E-state index in [1.165, 1.54) is 0 Å². The Hall–Kier alpha value is -2.75. The van der Waals surface area contributed by atoms with Gasteiger partial charge in [0, 0.05) is 29.2 Å². The van der Waals surface area contributed by atoms with Crippen molar-refractivity contribution in [1.82, 2.24) is 10.1 Å². The van der Waals surface area contributed by atoms with Gasteiger partial charge in [0.1, 0.15) is 0 Å². The van der Waals surface area contributed by atoms with E-state index >= 15 is 0 Å². The number of aromatic nitrogens is 2. The first-order chi connectivity index (χ1) is 11.2. The van der Waals surface area contributed by atoms with Crippen LogP contribution < -0.4 is 0 Å². The second kappa shape index (κ2) is 5.47. The molecule has 0 aliphatic heterocycles. The molecule has 0 N–H and O–H groups in total. The van der Waals surface area contributed by atoms with Gasteiger partial charge >= 0.3 is 0 Å². The van der Waals surface area contributed by atoms with Gasteiger partial charge in [0.15, 0.2) is 11.5 Å². The molecular formula is C19H16N2O2. The number of hydrogen-bond donors (Lipinski definition) is 0. The minimum absolute atomic E-state index is 0.163. The number of fused-ring (bicyclic) bond motifs is 1. The van der Waals surface area contributed by atoms with Crippen LogP contribution in [-0.2, 0) is 6.42 Å². The minimum atomic E-state index is 0.163. The van der Waals surface area contributed by atoms with Crippen LogP contribution in [0.2, 0.25) is 0 Å². The number of rotatable bonds is 2. The van der Waals surface area contributed by atoms with E-state index in [0.717, 1.165) is 46.6 Å². The number of carbonyl (C=O) groups is 1. The van der Waals surface area contributed by atoms with Gasteiger partial charge in [-0.1, -0.05) is 35.5 Å². The number of benzene rings is 1. The SMILES string of the molecule is Cc1cc(-c2cc3c(nc2-c2ccccc2)CCCC3=O)on1. The molecule has 1 aliphatic rings. The average molecular weight is 304 g/mol. The van der Waals surface area contributed by atoms with Crippen molar-refractivity contribution in [3.8, 4) is 22.6 Å². The lowest BCUT2D eigenvalue weighted by atomic mass is 9.91. The Morgan fingerprint density at radius 1 is 1.04 bits per heavy atom. The predicted molar refractivity (Wildman–Crippen MR) is 87.2 cm³/mol. The van der Waals surface area contributed by atoms with Gasteiger partial charge in [0.25, 0.3) is 0 Å². The summed E-state index contributed by atoms with van der Waals surface area (Å²) >= 11 is 0. The van der Waals surface area contributed by atoms with Gasteiger partial charge in [0.2, 0.25) is 0 Å². The van der Waals surface area contributed by atoms with Crippen molar-refractivity contribution in [2.75, 3.05) is 0 Å². The Bertz CT molecular complexity index is 882. The summed E-state index contributed by atoms with van der Waals surface area (Å²) in [5.74, 6) is 0.811. The third-order valence-corrected chi connectivity index (χ3v) is 4.16. The van der Waals surface area contributed by atoms with E-state index in [2.05, 4.69) is 5.16 Å². The van der Waals surface area contributed by atoms with Crippen molar-refractivity contribution >= 4 is 5.78 Å². The summed E-state index contributed by atoms with van der Waals surface area (Å²) in [5, 5.41) is 3.97. The van der Waals surface area contributed by atoms with Gasteiger partial charge in [-0.2, -0.15) is 0 Å². The number of carbonyl (C=O) groups excluding carboxylic acids is 1. The highest BCUT2D eigenvalue weighted by Crippen LogP contribution is 2.34. The molecular weight excluding hydrogens is 288 g/mol. The quantitative estimate of drug-likeness (QED) is 0.711. The van der Waals surface area contributed by atoms with Crippen LogP contribution >= 0.6 is 0 Å². The molecule has 0 atom stereocenters. The van der Waals surface area contributed by atoms with Crippen LogP contribution in [0.25, 0.3) is 22.6 Å². The molecule has 0 saturated heterocycles. The number of hydrogen-bond acceptors (Lipinski definition) is 4. The van der Waals surface area contributed by atoms with E-state index in [0.29, 0.717) is 12.2 Å². The highest BCUT2D eigenvalue weighted by molar-refractivity contribution is 6.00. The van der Waals surface area contributed by atoms with Crippen molar-refractivity contribution in [2.45, 2.75) is 26.2 Å². The van der Waals surface area contributed by atoms with E-state index in [-0.39, 0.29) is 5.78 Å². The standard InChI is InChI=1S/C19H16N2O2/c1-12-10-18(23-21-12)15-11-14-16(8-5-9-17(14)22)20-19(15)13-6-3-2-4-7-13/h2-4,6-7,10-11H,5,8-9H2,1H3. The van der Waals surface area contributed by atoms with Crippen molar-refractivity contribution in [3.05, 3.63) is 59.4 Å². The van der Waals surface area contributed by atoms with Gasteiger partial charge in [-0.15, -0.1) is 0 Å². The van der Waals surface area contributed by atoms with E-state index in [1.807, 2.05) is 49.4 Å². The Kier molecular flexibility index (Phi) is 3.30. The van der Waals surface area contributed by atoms with Gasteiger partial charge in [-0.05, 0) is 25.8 Å². The molecule has 2 heterocycles. The van der Waals surface area contributed by atoms with E-state index in [9.17, 15) is 4.79 Å². The van der Waals surface area contributed by atoms with E-state index in [4.69, 9.17) is 9.51 Å². The number of Topliss-reactive ketones (excluding diaryl/α,β-unsaturated/α-hetero) is 1. The number of nitrogens with zero attached hydrogens (tertiary/aromatic N) is 2. The summed E-state index contributed by atoms with van der Waals surface area (Å²) < 4.78 is 5.44. The van der Waals surface area contributed by atoms with Crippen molar-refractivity contribution in [1.29, 1.82) is 0 Å². The second-order valence-corrected chi connectivity index (χ2v) is 5.85. The van der Waals surface area contributed by atoms with Crippen LogP contribution in [0, 0.1) is 6.92 Å². The summed E-state index contributed by atoms with van der Waals surface area (Å²) in [4.78, 5) is 17.0. The highest BCUT2D eigenvalue weighted by atomic mass is 16.5. The summed E-state index contributed by atoms with van der Waals surface area (Å²) in [7, 11) is 0. The molecule has 4 heteroatoms. The topological polar surface area (TPSA) is 56.0 Å². The maximum absolute atomic E-state index is 12.2. The molecule has 0 radical (unpaired) electrons. The van der Waals surface area contributed by atoms with E-state index in [1.54, 1.807) is 0 Å². The van der Waals surface area contributed by atoms with Gasteiger partial charge in [0.05, 0.1) is 17.1 Å². The third kappa shape index (κ3) is 2.46. The largest absolute Gasteiger partial charge is 0.356 e. The molecule has 4 nitrogen and oxygen atoms in total. The van der Waals surface area contributed by atoms with Gasteiger partial charge in [-0.25, -0.2) is 0 Å². The van der Waals surface area contributed by atoms with Crippen LogP contribution in [0.1, 0.15) is 34.6 Å². The van der Waals surface area contributed by atoms with Gasteiger partial charge < -0.3 is 4.52 Å². The first-order valence-corrected chi connectivity index (χ1v) is 7.78. The Morgan fingerprint density at radius 2 is 1.87 bits per heavy atom. The number of ketones is 1. The van der Waals surface area contributed by atoms with Crippen LogP contribution in [0.5, 0.6) is 0 Å². The highest BCUT2D eigenvalue weighted by Gasteiger charge is 2.23. The smallest absolute Gasteiger partial charge is 0.169 e. The molecule has 3 aromatic rings. The fraction of sp³-hybridized carbons (Fsp3) is 0.211. The first-order valence-electron chi connectivity index (χ1n) is 7.78. The summed E-state index contributed by atoms with van der Waals surface area (Å²) in [6, 6.07) is 13.8. The lowest BCUT2D eigenvalue weighted by Crippen LogP contribution is -2.13. The molecule has 0 bridgehead atoms. The molecule has 2 aromatic heterocycles. The molecule has 4 rings (SSSR count). The summed E-state index contributed by atoms with van der Waals surface area (Å²) in [6.45, 7) is 1.88. The van der Waals surface area contributed by atoms with Crippen LogP contribution in [0.4, 0.5) is 0 Å². The van der Waals surface area contributed by atoms with E-state index < -0.39 is 0 Å². The molecule has 0 fully saturated rings. The Morgan fingerprint density at radius 3 is 2.61 bits per heavy atom. The van der Waals surface area contributed by atoms with Crippen LogP contribution in [0.3, 0.4) is 0 Å². The zero-order valence-corrected chi connectivity index (χ0v) is 12.9. The van der Waals surface area contributed by atoms with Crippen LogP contribution in [0.15, 0.2) is 47.0 Å². The van der Waals surface area contributed by atoms with Crippen LogP contribution in [-0.4, -0.2) is 15.9 Å². The Labute approximate surface area is 134 Å². The Balaban J connectivity index is 1.98. The fourth-order valence-corrected chi connectivity index (χ4v) is 3.03. The first kappa shape index (κ1) is 13.9. The van der Waals surface area contributed by atoms with Crippen molar-refractivity contribution in [3.63, 3.8) is 0 Å². The molecule has 0 saturated carbocycles. The zero-order valence-electron chi connectivity index (χ0n) is 12.9.